The Balaban J connectivity index is 0.00000272. The minimum atomic E-state index is -0.917. The quantitative estimate of drug-likeness (QED) is 0.501. The normalized spacial score (nSPS) is 14.4. The van der Waals surface area contributed by atoms with Gasteiger partial charge in [0.15, 0.2) is 0 Å². The van der Waals surface area contributed by atoms with Crippen LogP contribution in [0.1, 0.15) is 16.1 Å². The molecular formula is C22H21ClN3NaO4. The molecule has 9 heteroatoms. The standard InChI is InChI=1S/C22H20ClN3O4.Na.H/c23-16-6-7-17-14(9-16)10-18(24-17)20(27)25-19(8-13-4-2-1-3-5-13)21(28)26-11-15(12-26)22(29)30;;/h1-7,9-10,15,19,24H,8,11-12H2,(H,25,27)(H,29,30);;. The van der Waals surface area contributed by atoms with Gasteiger partial charge in [-0.25, -0.2) is 0 Å². The molecule has 7 nitrogen and oxygen atoms in total. The van der Waals surface area contributed by atoms with Gasteiger partial charge in [0.1, 0.15) is 11.7 Å². The van der Waals surface area contributed by atoms with Crippen LogP contribution in [-0.4, -0.2) is 81.5 Å². The van der Waals surface area contributed by atoms with E-state index < -0.39 is 23.8 Å². The summed E-state index contributed by atoms with van der Waals surface area (Å²) in [5.74, 6) is -2.17. The first-order chi connectivity index (χ1) is 14.4. The molecule has 3 N–H and O–H groups in total. The van der Waals surface area contributed by atoms with Crippen molar-refractivity contribution in [1.29, 1.82) is 0 Å². The summed E-state index contributed by atoms with van der Waals surface area (Å²) in [5.41, 5.74) is 1.99. The average Bonchev–Trinajstić information content (AvgIpc) is 3.10. The molecule has 0 radical (unpaired) electrons. The minimum absolute atomic E-state index is 0. The number of fused-ring (bicyclic) bond motifs is 1. The van der Waals surface area contributed by atoms with E-state index in [0.717, 1.165) is 16.5 Å². The number of hydrogen-bond acceptors (Lipinski definition) is 3. The van der Waals surface area contributed by atoms with Gasteiger partial charge in [-0.3, -0.25) is 14.4 Å². The Bertz CT molecular complexity index is 1110. The van der Waals surface area contributed by atoms with Gasteiger partial charge in [0, 0.05) is 35.4 Å². The zero-order chi connectivity index (χ0) is 21.3. The third-order valence-corrected chi connectivity index (χ3v) is 5.49. The molecule has 2 aromatic carbocycles. The molecule has 0 saturated carbocycles. The molecule has 31 heavy (non-hydrogen) atoms. The Hall–Kier alpha value is -2.32. The van der Waals surface area contributed by atoms with E-state index in [1.54, 1.807) is 24.3 Å². The number of carbonyl (C=O) groups is 3. The monoisotopic (exact) mass is 449 g/mol. The van der Waals surface area contributed by atoms with Gasteiger partial charge in [-0.2, -0.15) is 0 Å². The van der Waals surface area contributed by atoms with E-state index in [4.69, 9.17) is 16.7 Å². The van der Waals surface area contributed by atoms with E-state index >= 15 is 0 Å². The maximum absolute atomic E-state index is 13.0. The van der Waals surface area contributed by atoms with Crippen molar-refractivity contribution in [3.8, 4) is 0 Å². The molecule has 1 atom stereocenters. The van der Waals surface area contributed by atoms with Crippen molar-refractivity contribution in [1.82, 2.24) is 15.2 Å². The Morgan fingerprint density at radius 3 is 2.52 bits per heavy atom. The van der Waals surface area contributed by atoms with E-state index in [2.05, 4.69) is 10.3 Å². The first kappa shape index (κ1) is 23.3. The second-order valence-electron chi connectivity index (χ2n) is 7.41. The molecule has 1 aliphatic heterocycles. The number of H-pyrrole nitrogens is 1. The van der Waals surface area contributed by atoms with Crippen molar-refractivity contribution >= 4 is 69.8 Å². The van der Waals surface area contributed by atoms with Crippen molar-refractivity contribution in [3.63, 3.8) is 0 Å². The fraction of sp³-hybridized carbons (Fsp3) is 0.227. The molecular weight excluding hydrogens is 429 g/mol. The molecule has 2 heterocycles. The third-order valence-electron chi connectivity index (χ3n) is 5.26. The number of aromatic nitrogens is 1. The van der Waals surface area contributed by atoms with E-state index in [9.17, 15) is 14.4 Å². The van der Waals surface area contributed by atoms with E-state index in [1.807, 2.05) is 30.3 Å². The fourth-order valence-electron chi connectivity index (χ4n) is 3.55. The number of hydrogen-bond donors (Lipinski definition) is 3. The van der Waals surface area contributed by atoms with Crippen LogP contribution in [-0.2, 0) is 16.0 Å². The average molecular weight is 450 g/mol. The zero-order valence-electron chi connectivity index (χ0n) is 16.0. The Labute approximate surface area is 206 Å². The predicted octanol–water partition coefficient (Wildman–Crippen LogP) is 2.06. The molecule has 2 amide bonds. The summed E-state index contributed by atoms with van der Waals surface area (Å²) in [6.07, 6.45) is 0.311. The van der Waals surface area contributed by atoms with Crippen LogP contribution >= 0.6 is 11.6 Å². The maximum atomic E-state index is 13.0. The second-order valence-corrected chi connectivity index (χ2v) is 7.85. The van der Waals surface area contributed by atoms with Gasteiger partial charge < -0.3 is 20.3 Å². The summed E-state index contributed by atoms with van der Waals surface area (Å²) < 4.78 is 0. The van der Waals surface area contributed by atoms with Crippen molar-refractivity contribution in [3.05, 3.63) is 70.9 Å². The van der Waals surface area contributed by atoms with Gasteiger partial charge in [-0.05, 0) is 29.8 Å². The number of carboxylic acids is 1. The number of halogens is 1. The molecule has 1 saturated heterocycles. The Morgan fingerprint density at radius 2 is 1.84 bits per heavy atom. The molecule has 1 fully saturated rings. The number of carbonyl (C=O) groups excluding carboxylic acids is 2. The van der Waals surface area contributed by atoms with E-state index in [-0.39, 0.29) is 48.6 Å². The third kappa shape index (κ3) is 5.30. The van der Waals surface area contributed by atoms with Gasteiger partial charge in [-0.1, -0.05) is 41.9 Å². The first-order valence-corrected chi connectivity index (χ1v) is 9.93. The summed E-state index contributed by atoms with van der Waals surface area (Å²) in [4.78, 5) is 41.4. The molecule has 3 aromatic rings. The zero-order valence-corrected chi connectivity index (χ0v) is 16.7. The van der Waals surface area contributed by atoms with Crippen LogP contribution in [0.5, 0.6) is 0 Å². The number of nitrogens with one attached hydrogen (secondary N) is 2. The number of benzene rings is 2. The molecule has 1 unspecified atom stereocenters. The number of likely N-dealkylation sites (tertiary alicyclic amines) is 1. The van der Waals surface area contributed by atoms with Crippen LogP contribution in [0.2, 0.25) is 5.02 Å². The predicted molar refractivity (Wildman–Crippen MR) is 120 cm³/mol. The van der Waals surface area contributed by atoms with Gasteiger partial charge in [0.2, 0.25) is 5.91 Å². The number of carboxylic acid groups (broad SMARTS) is 1. The number of rotatable bonds is 6. The van der Waals surface area contributed by atoms with Crippen LogP contribution in [0.15, 0.2) is 54.6 Å². The topological polar surface area (TPSA) is 102 Å². The summed E-state index contributed by atoms with van der Waals surface area (Å²) in [6, 6.07) is 15.5. The Morgan fingerprint density at radius 1 is 1.13 bits per heavy atom. The number of nitrogens with zero attached hydrogens (tertiary/aromatic N) is 1. The first-order valence-electron chi connectivity index (χ1n) is 9.55. The number of aromatic amines is 1. The Kier molecular flexibility index (Phi) is 7.43. The van der Waals surface area contributed by atoms with Crippen molar-refractivity contribution in [2.75, 3.05) is 13.1 Å². The van der Waals surface area contributed by atoms with E-state index in [1.165, 1.54) is 4.90 Å². The van der Waals surface area contributed by atoms with Crippen LogP contribution in [0.3, 0.4) is 0 Å². The summed E-state index contributed by atoms with van der Waals surface area (Å²) in [7, 11) is 0. The fourth-order valence-corrected chi connectivity index (χ4v) is 3.73. The van der Waals surface area contributed by atoms with Crippen LogP contribution in [0, 0.1) is 5.92 Å². The van der Waals surface area contributed by atoms with Crippen molar-refractivity contribution in [2.45, 2.75) is 12.5 Å². The molecule has 156 valence electrons. The van der Waals surface area contributed by atoms with Gasteiger partial charge in [0.25, 0.3) is 5.91 Å². The second kappa shape index (κ2) is 9.87. The van der Waals surface area contributed by atoms with Gasteiger partial charge >= 0.3 is 35.5 Å². The van der Waals surface area contributed by atoms with Crippen molar-refractivity contribution < 1.29 is 19.5 Å². The van der Waals surface area contributed by atoms with Crippen LogP contribution < -0.4 is 5.32 Å². The SMILES string of the molecule is O=C(NC(Cc1ccccc1)C(=O)N1CC(C(=O)O)C1)c1cc2cc(Cl)ccc2[nH]1.[NaH]. The molecule has 0 bridgehead atoms. The summed E-state index contributed by atoms with van der Waals surface area (Å²) >= 11 is 6.01. The van der Waals surface area contributed by atoms with Crippen LogP contribution in [0.4, 0.5) is 0 Å². The molecule has 4 rings (SSSR count). The molecule has 0 spiro atoms. The van der Waals surface area contributed by atoms with Crippen molar-refractivity contribution in [2.24, 2.45) is 5.92 Å². The molecule has 0 aliphatic carbocycles. The number of amides is 2. The molecule has 1 aromatic heterocycles. The molecule has 1 aliphatic rings. The van der Waals surface area contributed by atoms with Gasteiger partial charge in [0.05, 0.1) is 5.92 Å². The summed E-state index contributed by atoms with van der Waals surface area (Å²) in [6.45, 7) is 0.306. The van der Waals surface area contributed by atoms with Gasteiger partial charge in [-0.15, -0.1) is 0 Å². The van der Waals surface area contributed by atoms with E-state index in [0.29, 0.717) is 17.1 Å². The number of aliphatic carboxylic acids is 1. The van der Waals surface area contributed by atoms with Crippen LogP contribution in [0.25, 0.3) is 10.9 Å². The summed E-state index contributed by atoms with van der Waals surface area (Å²) in [5, 5.41) is 13.2.